The van der Waals surface area contributed by atoms with Crippen LogP contribution in [0.3, 0.4) is 0 Å². The average molecular weight is 267 g/mol. The zero-order valence-electron chi connectivity index (χ0n) is 12.6. The predicted octanol–water partition coefficient (Wildman–Crippen LogP) is 2.30. The maximum Gasteiger partial charge on any atom is 0.161 e. The molecule has 1 rings (SSSR count). The average Bonchev–Trinajstić information content (AvgIpc) is 2.38. The van der Waals surface area contributed by atoms with E-state index in [1.54, 1.807) is 14.2 Å². The minimum absolute atomic E-state index is 0.0398. The zero-order chi connectivity index (χ0) is 14.5. The number of benzene rings is 1. The minimum Gasteiger partial charge on any atom is -0.493 e. The Morgan fingerprint density at radius 1 is 1.16 bits per heavy atom. The molecule has 0 saturated carbocycles. The van der Waals surface area contributed by atoms with E-state index < -0.39 is 0 Å². The maximum absolute atomic E-state index is 9.10. The largest absolute Gasteiger partial charge is 0.493 e. The zero-order valence-corrected chi connectivity index (χ0v) is 12.6. The molecule has 1 aromatic rings. The molecule has 0 atom stereocenters. The Hall–Kier alpha value is -1.26. The highest BCUT2D eigenvalue weighted by molar-refractivity contribution is 5.42. The molecular formula is C15H25NO3. The summed E-state index contributed by atoms with van der Waals surface area (Å²) in [4.78, 5) is 2.23. The second kappa shape index (κ2) is 6.78. The Balaban J connectivity index is 2.82. The van der Waals surface area contributed by atoms with Crippen molar-refractivity contribution in [3.05, 3.63) is 23.8 Å². The molecule has 0 radical (unpaired) electrons. The molecule has 1 aromatic carbocycles. The number of hydrogen-bond donors (Lipinski definition) is 1. The first kappa shape index (κ1) is 15.8. The van der Waals surface area contributed by atoms with E-state index in [4.69, 9.17) is 14.6 Å². The highest BCUT2D eigenvalue weighted by Crippen LogP contribution is 2.29. The molecule has 0 aliphatic carbocycles. The van der Waals surface area contributed by atoms with Gasteiger partial charge in [-0.2, -0.15) is 0 Å². The van der Waals surface area contributed by atoms with Gasteiger partial charge in [0, 0.05) is 18.7 Å². The lowest BCUT2D eigenvalue weighted by atomic mass is 9.98. The van der Waals surface area contributed by atoms with Crippen molar-refractivity contribution in [3.8, 4) is 11.5 Å². The van der Waals surface area contributed by atoms with Crippen LogP contribution in [0, 0.1) is 0 Å². The fraction of sp³-hybridized carbons (Fsp3) is 0.600. The molecule has 4 nitrogen and oxygen atoms in total. The van der Waals surface area contributed by atoms with Crippen LogP contribution in [0.1, 0.15) is 25.8 Å². The first-order valence-electron chi connectivity index (χ1n) is 6.47. The molecule has 0 aromatic heterocycles. The topological polar surface area (TPSA) is 41.9 Å². The predicted molar refractivity (Wildman–Crippen MR) is 76.8 cm³/mol. The third-order valence-electron chi connectivity index (χ3n) is 3.62. The smallest absolute Gasteiger partial charge is 0.161 e. The number of ether oxygens (including phenoxy) is 2. The van der Waals surface area contributed by atoms with Gasteiger partial charge < -0.3 is 14.6 Å². The van der Waals surface area contributed by atoms with Crippen LogP contribution in [0.5, 0.6) is 11.5 Å². The molecule has 4 heteroatoms. The second-order valence-electron chi connectivity index (χ2n) is 5.33. The van der Waals surface area contributed by atoms with E-state index >= 15 is 0 Å². The number of rotatable bonds is 7. The van der Waals surface area contributed by atoms with Crippen molar-refractivity contribution in [3.63, 3.8) is 0 Å². The SMILES string of the molecule is COc1ccc(CN(C)C(C)(C)CCO)cc1OC. The molecule has 0 amide bonds. The van der Waals surface area contributed by atoms with Crippen molar-refractivity contribution >= 4 is 0 Å². The van der Waals surface area contributed by atoms with Gasteiger partial charge in [0.25, 0.3) is 0 Å². The molecular weight excluding hydrogens is 242 g/mol. The normalized spacial score (nSPS) is 11.7. The summed E-state index contributed by atoms with van der Waals surface area (Å²) >= 11 is 0. The van der Waals surface area contributed by atoms with Crippen molar-refractivity contribution in [2.45, 2.75) is 32.4 Å². The summed E-state index contributed by atoms with van der Waals surface area (Å²) in [6.45, 7) is 5.25. The number of methoxy groups -OCH3 is 2. The Labute approximate surface area is 115 Å². The molecule has 19 heavy (non-hydrogen) atoms. The van der Waals surface area contributed by atoms with E-state index in [9.17, 15) is 0 Å². The molecule has 0 heterocycles. The van der Waals surface area contributed by atoms with E-state index in [-0.39, 0.29) is 12.1 Å². The summed E-state index contributed by atoms with van der Waals surface area (Å²) < 4.78 is 10.5. The molecule has 0 unspecified atom stereocenters. The second-order valence-corrected chi connectivity index (χ2v) is 5.33. The van der Waals surface area contributed by atoms with Gasteiger partial charge in [-0.1, -0.05) is 6.07 Å². The standard InChI is InChI=1S/C15H25NO3/c1-15(2,8-9-17)16(3)11-12-6-7-13(18-4)14(10-12)19-5/h6-7,10,17H,8-9,11H2,1-5H3. The van der Waals surface area contributed by atoms with E-state index in [1.165, 1.54) is 0 Å². The molecule has 0 saturated heterocycles. The number of hydrogen-bond acceptors (Lipinski definition) is 4. The quantitative estimate of drug-likeness (QED) is 0.823. The molecule has 0 fully saturated rings. The first-order chi connectivity index (χ1) is 8.94. The van der Waals surface area contributed by atoms with Crippen LogP contribution in [-0.2, 0) is 6.54 Å². The Morgan fingerprint density at radius 2 is 1.79 bits per heavy atom. The van der Waals surface area contributed by atoms with E-state index in [1.807, 2.05) is 18.2 Å². The van der Waals surface area contributed by atoms with E-state index in [2.05, 4.69) is 25.8 Å². The number of aliphatic hydroxyl groups is 1. The van der Waals surface area contributed by atoms with Crippen LogP contribution in [0.2, 0.25) is 0 Å². The molecule has 0 spiro atoms. The Kier molecular flexibility index (Phi) is 5.63. The summed E-state index contributed by atoms with van der Waals surface area (Å²) in [7, 11) is 5.33. The van der Waals surface area contributed by atoms with Gasteiger partial charge in [-0.25, -0.2) is 0 Å². The lowest BCUT2D eigenvalue weighted by Gasteiger charge is -2.35. The van der Waals surface area contributed by atoms with Crippen molar-refractivity contribution in [2.75, 3.05) is 27.9 Å². The van der Waals surface area contributed by atoms with Crippen molar-refractivity contribution in [1.29, 1.82) is 0 Å². The Morgan fingerprint density at radius 3 is 2.32 bits per heavy atom. The van der Waals surface area contributed by atoms with Gasteiger partial charge in [0.15, 0.2) is 11.5 Å². The summed E-state index contributed by atoms with van der Waals surface area (Å²) in [6, 6.07) is 5.94. The highest BCUT2D eigenvalue weighted by atomic mass is 16.5. The minimum atomic E-state index is -0.0398. The van der Waals surface area contributed by atoms with Gasteiger partial charge >= 0.3 is 0 Å². The summed E-state index contributed by atoms with van der Waals surface area (Å²) in [6.07, 6.45) is 0.747. The van der Waals surface area contributed by atoms with Crippen LogP contribution in [0.25, 0.3) is 0 Å². The fourth-order valence-corrected chi connectivity index (χ4v) is 1.93. The molecule has 0 aliphatic rings. The monoisotopic (exact) mass is 267 g/mol. The lowest BCUT2D eigenvalue weighted by molar-refractivity contribution is 0.110. The highest BCUT2D eigenvalue weighted by Gasteiger charge is 2.23. The first-order valence-corrected chi connectivity index (χ1v) is 6.47. The molecule has 108 valence electrons. The Bertz CT molecular complexity index is 404. The molecule has 0 bridgehead atoms. The van der Waals surface area contributed by atoms with Crippen molar-refractivity contribution in [2.24, 2.45) is 0 Å². The van der Waals surface area contributed by atoms with Gasteiger partial charge in [0.2, 0.25) is 0 Å². The van der Waals surface area contributed by atoms with Crippen molar-refractivity contribution in [1.82, 2.24) is 4.90 Å². The lowest BCUT2D eigenvalue weighted by Crippen LogP contribution is -2.41. The maximum atomic E-state index is 9.10. The van der Waals surface area contributed by atoms with E-state index in [0.29, 0.717) is 0 Å². The van der Waals surface area contributed by atoms with Gasteiger partial charge in [0.1, 0.15) is 0 Å². The van der Waals surface area contributed by atoms with Gasteiger partial charge in [-0.05, 0) is 45.0 Å². The molecule has 1 N–H and O–H groups in total. The van der Waals surface area contributed by atoms with Crippen LogP contribution in [-0.4, -0.2) is 43.4 Å². The van der Waals surface area contributed by atoms with Crippen molar-refractivity contribution < 1.29 is 14.6 Å². The van der Waals surface area contributed by atoms with Crippen LogP contribution in [0.4, 0.5) is 0 Å². The van der Waals surface area contributed by atoms with Crippen LogP contribution < -0.4 is 9.47 Å². The van der Waals surface area contributed by atoms with Gasteiger partial charge in [-0.15, -0.1) is 0 Å². The number of aliphatic hydroxyl groups excluding tert-OH is 1. The molecule has 0 aliphatic heterocycles. The fourth-order valence-electron chi connectivity index (χ4n) is 1.93. The summed E-state index contributed by atoms with van der Waals surface area (Å²) in [5, 5.41) is 9.10. The third-order valence-corrected chi connectivity index (χ3v) is 3.62. The summed E-state index contributed by atoms with van der Waals surface area (Å²) in [5.41, 5.74) is 1.12. The summed E-state index contributed by atoms with van der Waals surface area (Å²) in [5.74, 6) is 1.48. The van der Waals surface area contributed by atoms with Gasteiger partial charge in [-0.3, -0.25) is 4.90 Å². The van der Waals surface area contributed by atoms with Crippen LogP contribution in [0.15, 0.2) is 18.2 Å². The van der Waals surface area contributed by atoms with E-state index in [0.717, 1.165) is 30.0 Å². The van der Waals surface area contributed by atoms with Gasteiger partial charge in [0.05, 0.1) is 14.2 Å². The number of nitrogens with zero attached hydrogens (tertiary/aromatic N) is 1. The third kappa shape index (κ3) is 4.11. The van der Waals surface area contributed by atoms with Crippen LogP contribution >= 0.6 is 0 Å².